The number of fused-ring (bicyclic) bond motifs is 3. The number of ether oxygens (including phenoxy) is 5. The number of rotatable bonds is 29. The van der Waals surface area contributed by atoms with E-state index in [4.69, 9.17) is 23.7 Å². The largest absolute Gasteiger partial charge is 0.460 e. The lowest BCUT2D eigenvalue weighted by molar-refractivity contribution is -0.161. The minimum atomic E-state index is -1.13. The number of nitrogens with one attached hydrogen (secondary N) is 5. The molecule has 0 aliphatic heterocycles. The molecule has 1 aliphatic carbocycles. The highest BCUT2D eigenvalue weighted by molar-refractivity contribution is 5.88. The van der Waals surface area contributed by atoms with Gasteiger partial charge in [-0.1, -0.05) is 61.4 Å². The van der Waals surface area contributed by atoms with Crippen LogP contribution < -0.4 is 26.6 Å². The van der Waals surface area contributed by atoms with Gasteiger partial charge < -0.3 is 50.3 Å². The Morgan fingerprint density at radius 2 is 0.844 bits per heavy atom. The highest BCUT2D eigenvalue weighted by atomic mass is 16.6. The molecule has 1 aliphatic rings. The first-order chi connectivity index (χ1) is 35.9. The Bertz CT molecular complexity index is 2280. The molecule has 0 fully saturated rings. The van der Waals surface area contributed by atoms with Gasteiger partial charge >= 0.3 is 30.0 Å². The average Bonchev–Trinajstić information content (AvgIpc) is 3.62. The molecule has 77 heavy (non-hydrogen) atoms. The zero-order chi connectivity index (χ0) is 57.6. The van der Waals surface area contributed by atoms with Crippen LogP contribution in [-0.2, 0) is 62.0 Å². The molecule has 0 saturated carbocycles. The summed E-state index contributed by atoms with van der Waals surface area (Å²) < 4.78 is 27.4. The van der Waals surface area contributed by atoms with Crippen molar-refractivity contribution in [2.24, 2.45) is 0 Å². The SMILES string of the molecule is CC(C)(C)OC(=O)CCC(NC(=O)CCCCCNC(=O)CCC(NC(=O)OCC1c2ccccc2-c2ccccc21)C(=O)NCCCCCC(=O)NC(CCC(=O)OC(C)(C)C)C(=O)OC(C)(C)C)C(=O)OC(C)(C)C. The van der Waals surface area contributed by atoms with E-state index in [1.165, 1.54) is 0 Å². The number of hydrogen-bond donors (Lipinski definition) is 5. The van der Waals surface area contributed by atoms with Gasteiger partial charge in [0.2, 0.25) is 23.6 Å². The Balaban J connectivity index is 1.52. The summed E-state index contributed by atoms with van der Waals surface area (Å²) in [7, 11) is 0. The van der Waals surface area contributed by atoms with Crippen LogP contribution in [0.2, 0.25) is 0 Å². The van der Waals surface area contributed by atoms with Gasteiger partial charge in [0.1, 0.15) is 47.1 Å². The van der Waals surface area contributed by atoms with Crippen molar-refractivity contribution >= 4 is 53.6 Å². The molecule has 3 rings (SSSR count). The summed E-state index contributed by atoms with van der Waals surface area (Å²) in [5.41, 5.74) is 1.14. The van der Waals surface area contributed by atoms with Crippen LogP contribution in [0.3, 0.4) is 0 Å². The molecule has 19 heteroatoms. The fourth-order valence-electron chi connectivity index (χ4n) is 8.24. The quantitative estimate of drug-likeness (QED) is 0.0295. The second-order valence-electron chi connectivity index (χ2n) is 23.4. The normalized spacial score (nSPS) is 13.6. The fraction of sp³-hybridized carbons (Fsp3) is 0.638. The van der Waals surface area contributed by atoms with Crippen LogP contribution in [0.5, 0.6) is 0 Å². The maximum atomic E-state index is 13.6. The predicted octanol–water partition coefficient (Wildman–Crippen LogP) is 7.92. The molecule has 5 N–H and O–H groups in total. The Labute approximate surface area is 455 Å². The van der Waals surface area contributed by atoms with E-state index in [2.05, 4.69) is 26.6 Å². The standard InChI is InChI=1S/C58H87N5O14/c1-55(2,3)74-49(67)33-30-44(52(70)76-57(7,8)9)61-47(65)27-15-13-21-35-59-46(64)32-29-43(63-54(72)73-37-42-40-25-19-17-23-38(40)39-24-18-20-26-41(39)42)51(69)60-36-22-14-16-28-48(66)62-45(53(71)77-58(10,11)12)31-34-50(68)75-56(4,5)6/h17-20,23-26,42-45H,13-16,21-22,27-37H2,1-12H3,(H,59,64)(H,60,69)(H,61,65)(H,62,66)(H,63,72). The van der Waals surface area contributed by atoms with Gasteiger partial charge in [0.15, 0.2) is 0 Å². The van der Waals surface area contributed by atoms with Crippen LogP contribution in [-0.4, -0.2) is 114 Å². The Kier molecular flexibility index (Phi) is 25.6. The predicted molar refractivity (Wildman–Crippen MR) is 290 cm³/mol. The Morgan fingerprint density at radius 1 is 0.442 bits per heavy atom. The average molecular weight is 1080 g/mol. The number of amides is 5. The number of benzene rings is 2. The Hall–Kier alpha value is -6.53. The summed E-state index contributed by atoms with van der Waals surface area (Å²) >= 11 is 0. The third-order valence-corrected chi connectivity index (χ3v) is 11.6. The molecule has 3 atom stereocenters. The summed E-state index contributed by atoms with van der Waals surface area (Å²) in [6.07, 6.45) is 2.03. The van der Waals surface area contributed by atoms with E-state index < -0.39 is 82.3 Å². The van der Waals surface area contributed by atoms with Crippen LogP contribution in [0.4, 0.5) is 4.79 Å². The minimum Gasteiger partial charge on any atom is -0.460 e. The molecular formula is C58H87N5O14. The Morgan fingerprint density at radius 3 is 1.27 bits per heavy atom. The van der Waals surface area contributed by atoms with Crippen molar-refractivity contribution in [3.05, 3.63) is 59.7 Å². The van der Waals surface area contributed by atoms with E-state index >= 15 is 0 Å². The minimum absolute atomic E-state index is 0.000230. The first-order valence-electron chi connectivity index (χ1n) is 27.0. The van der Waals surface area contributed by atoms with Crippen LogP contribution in [0.1, 0.15) is 190 Å². The smallest absolute Gasteiger partial charge is 0.407 e. The van der Waals surface area contributed by atoms with Gasteiger partial charge in [0, 0.05) is 51.1 Å². The molecule has 5 amide bonds. The second kappa shape index (κ2) is 30.4. The number of carbonyl (C=O) groups excluding carboxylic acids is 9. The van der Waals surface area contributed by atoms with Crippen molar-refractivity contribution in [2.75, 3.05) is 19.7 Å². The molecule has 0 saturated heterocycles. The van der Waals surface area contributed by atoms with Crippen molar-refractivity contribution in [1.82, 2.24) is 26.6 Å². The van der Waals surface area contributed by atoms with Crippen LogP contribution in [0.25, 0.3) is 11.1 Å². The van der Waals surface area contributed by atoms with Gasteiger partial charge in [-0.25, -0.2) is 14.4 Å². The summed E-state index contributed by atoms with van der Waals surface area (Å²) in [4.78, 5) is 117. The van der Waals surface area contributed by atoms with Gasteiger partial charge in [0.05, 0.1) is 0 Å². The third-order valence-electron chi connectivity index (χ3n) is 11.6. The van der Waals surface area contributed by atoms with E-state index in [-0.39, 0.29) is 82.3 Å². The summed E-state index contributed by atoms with van der Waals surface area (Å²) in [5.74, 6) is -4.18. The maximum Gasteiger partial charge on any atom is 0.407 e. The van der Waals surface area contributed by atoms with Crippen molar-refractivity contribution in [3.8, 4) is 11.1 Å². The van der Waals surface area contributed by atoms with Crippen LogP contribution in [0.15, 0.2) is 48.5 Å². The molecule has 19 nitrogen and oxygen atoms in total. The number of unbranched alkanes of at least 4 members (excludes halogenated alkanes) is 4. The lowest BCUT2D eigenvalue weighted by atomic mass is 9.98. The van der Waals surface area contributed by atoms with Gasteiger partial charge in [0.25, 0.3) is 0 Å². The van der Waals surface area contributed by atoms with E-state index in [0.29, 0.717) is 45.1 Å². The molecule has 428 valence electrons. The molecule has 3 unspecified atom stereocenters. The molecule has 0 spiro atoms. The first-order valence-corrected chi connectivity index (χ1v) is 27.0. The van der Waals surface area contributed by atoms with Gasteiger partial charge in [-0.05, 0) is 150 Å². The fourth-order valence-corrected chi connectivity index (χ4v) is 8.24. The molecule has 2 aromatic carbocycles. The monoisotopic (exact) mass is 1080 g/mol. The van der Waals surface area contributed by atoms with Crippen molar-refractivity contribution < 1.29 is 66.8 Å². The van der Waals surface area contributed by atoms with Crippen molar-refractivity contribution in [3.63, 3.8) is 0 Å². The maximum absolute atomic E-state index is 13.6. The lowest BCUT2D eigenvalue weighted by Gasteiger charge is -2.25. The molecular weight excluding hydrogens is 991 g/mol. The highest BCUT2D eigenvalue weighted by Crippen LogP contribution is 2.44. The summed E-state index contributed by atoms with van der Waals surface area (Å²) in [6, 6.07) is 12.6. The van der Waals surface area contributed by atoms with E-state index in [1.807, 2.05) is 48.5 Å². The van der Waals surface area contributed by atoms with Crippen LogP contribution >= 0.6 is 0 Å². The topological polar surface area (TPSA) is 260 Å². The van der Waals surface area contributed by atoms with E-state index in [1.54, 1.807) is 83.1 Å². The summed E-state index contributed by atoms with van der Waals surface area (Å²) in [5, 5.41) is 13.7. The molecule has 2 aromatic rings. The first kappa shape index (κ1) is 64.8. The number of esters is 4. The molecule has 0 aromatic heterocycles. The molecule has 0 bridgehead atoms. The molecule has 0 radical (unpaired) electrons. The third kappa shape index (κ3) is 26.4. The highest BCUT2D eigenvalue weighted by Gasteiger charge is 2.32. The van der Waals surface area contributed by atoms with Gasteiger partial charge in [-0.3, -0.25) is 28.8 Å². The van der Waals surface area contributed by atoms with Gasteiger partial charge in [-0.15, -0.1) is 0 Å². The number of hydrogen-bond acceptors (Lipinski definition) is 14. The zero-order valence-electron chi connectivity index (χ0n) is 47.7. The van der Waals surface area contributed by atoms with Crippen LogP contribution in [0, 0.1) is 0 Å². The number of carbonyl (C=O) groups is 9. The van der Waals surface area contributed by atoms with E-state index in [0.717, 1.165) is 22.3 Å². The van der Waals surface area contributed by atoms with Crippen molar-refractivity contribution in [1.29, 1.82) is 0 Å². The molecule has 0 heterocycles. The lowest BCUT2D eigenvalue weighted by Crippen LogP contribution is -2.47. The van der Waals surface area contributed by atoms with E-state index in [9.17, 15) is 43.2 Å². The van der Waals surface area contributed by atoms with Crippen molar-refractivity contribution in [2.45, 2.75) is 219 Å². The number of alkyl carbamates (subject to hydrolysis) is 1. The zero-order valence-corrected chi connectivity index (χ0v) is 47.7. The second-order valence-corrected chi connectivity index (χ2v) is 23.4. The summed E-state index contributed by atoms with van der Waals surface area (Å²) in [6.45, 7) is 21.2. The van der Waals surface area contributed by atoms with Gasteiger partial charge in [-0.2, -0.15) is 0 Å².